The Hall–Kier alpha value is -1.85. The molecule has 1 aromatic carbocycles. The second kappa shape index (κ2) is 7.81. The Kier molecular flexibility index (Phi) is 6.02. The molecule has 0 unspecified atom stereocenters. The molecule has 1 aromatic heterocycles. The molecule has 5 heteroatoms. The van der Waals surface area contributed by atoms with Crippen molar-refractivity contribution in [1.82, 2.24) is 15.1 Å². The highest BCUT2D eigenvalue weighted by molar-refractivity contribution is 5.50. The van der Waals surface area contributed by atoms with Gasteiger partial charge in [-0.15, -0.1) is 0 Å². The van der Waals surface area contributed by atoms with Crippen LogP contribution in [0.4, 0.5) is 5.82 Å². The molecule has 0 saturated carbocycles. The number of aryl methyl sites for hydroxylation is 1. The molecule has 2 rings (SSSR count). The number of aliphatic hydroxyl groups is 1. The number of hydrogen-bond donors (Lipinski definition) is 2. The van der Waals surface area contributed by atoms with Crippen molar-refractivity contribution in [3.63, 3.8) is 0 Å². The molecule has 0 aliphatic heterocycles. The van der Waals surface area contributed by atoms with Gasteiger partial charge in [-0.2, -0.15) is 5.10 Å². The van der Waals surface area contributed by atoms with Crippen LogP contribution in [0.3, 0.4) is 0 Å². The van der Waals surface area contributed by atoms with E-state index in [9.17, 15) is 5.11 Å². The molecule has 0 bridgehead atoms. The lowest BCUT2D eigenvalue weighted by Gasteiger charge is -2.16. The zero-order valence-electron chi connectivity index (χ0n) is 15.7. The number of anilines is 1. The molecule has 1 heterocycles. The molecule has 132 valence electrons. The van der Waals surface area contributed by atoms with Gasteiger partial charge in [0.1, 0.15) is 5.82 Å². The van der Waals surface area contributed by atoms with Gasteiger partial charge in [0.05, 0.1) is 11.8 Å². The second-order valence-electron chi connectivity index (χ2n) is 6.88. The molecule has 0 amide bonds. The number of aliphatic hydroxyl groups excluding tert-OH is 1. The highest BCUT2D eigenvalue weighted by Crippen LogP contribution is 2.27. The number of aromatic nitrogens is 2. The van der Waals surface area contributed by atoms with Crippen LogP contribution < -0.4 is 10.2 Å². The normalized spacial score (nSPS) is 12.7. The van der Waals surface area contributed by atoms with Gasteiger partial charge in [0.2, 0.25) is 0 Å². The average Bonchev–Trinajstić information content (AvgIpc) is 2.85. The van der Waals surface area contributed by atoms with Gasteiger partial charge in [0.15, 0.2) is 0 Å². The van der Waals surface area contributed by atoms with E-state index in [1.165, 1.54) is 11.1 Å². The van der Waals surface area contributed by atoms with Crippen molar-refractivity contribution < 1.29 is 5.11 Å². The molecule has 0 saturated heterocycles. The Labute approximate surface area is 145 Å². The van der Waals surface area contributed by atoms with E-state index in [-0.39, 0.29) is 0 Å². The van der Waals surface area contributed by atoms with Crippen molar-refractivity contribution in [2.45, 2.75) is 45.9 Å². The van der Waals surface area contributed by atoms with Gasteiger partial charge in [0, 0.05) is 39.8 Å². The Balaban J connectivity index is 2.08. The molecular weight excluding hydrogens is 300 g/mol. The van der Waals surface area contributed by atoms with E-state index in [2.05, 4.69) is 50.3 Å². The fourth-order valence-corrected chi connectivity index (χ4v) is 3.02. The van der Waals surface area contributed by atoms with Crippen LogP contribution in [0, 0.1) is 0 Å². The predicted octanol–water partition coefficient (Wildman–Crippen LogP) is 2.95. The maximum atomic E-state index is 9.58. The lowest BCUT2D eigenvalue weighted by molar-refractivity contribution is 0.199. The molecule has 0 radical (unpaired) electrons. The van der Waals surface area contributed by atoms with Crippen molar-refractivity contribution in [3.05, 3.63) is 46.6 Å². The van der Waals surface area contributed by atoms with E-state index in [0.717, 1.165) is 30.2 Å². The third-order valence-corrected chi connectivity index (χ3v) is 4.21. The van der Waals surface area contributed by atoms with Crippen LogP contribution in [0.25, 0.3) is 0 Å². The first-order valence-electron chi connectivity index (χ1n) is 8.52. The zero-order chi connectivity index (χ0) is 17.9. The highest BCUT2D eigenvalue weighted by atomic mass is 16.3. The Bertz CT molecular complexity index is 657. The number of nitrogens with one attached hydrogen (secondary N) is 1. The van der Waals surface area contributed by atoms with E-state index in [0.29, 0.717) is 5.92 Å². The molecule has 1 atom stereocenters. The molecule has 2 N–H and O–H groups in total. The first-order chi connectivity index (χ1) is 11.3. The topological polar surface area (TPSA) is 53.3 Å². The van der Waals surface area contributed by atoms with Crippen molar-refractivity contribution in [2.75, 3.05) is 19.0 Å². The minimum absolute atomic E-state index is 0.395. The predicted molar refractivity (Wildman–Crippen MR) is 99.2 cm³/mol. The van der Waals surface area contributed by atoms with E-state index in [4.69, 9.17) is 5.10 Å². The Morgan fingerprint density at radius 3 is 2.25 bits per heavy atom. The van der Waals surface area contributed by atoms with Gasteiger partial charge < -0.3 is 15.3 Å². The van der Waals surface area contributed by atoms with Gasteiger partial charge in [-0.3, -0.25) is 4.68 Å². The molecule has 0 aliphatic carbocycles. The number of hydrogen-bond acceptors (Lipinski definition) is 4. The summed E-state index contributed by atoms with van der Waals surface area (Å²) in [5.74, 6) is 1.54. The smallest absolute Gasteiger partial charge is 0.130 e. The van der Waals surface area contributed by atoms with E-state index < -0.39 is 6.10 Å². The summed E-state index contributed by atoms with van der Waals surface area (Å²) in [6, 6.07) is 8.09. The molecule has 5 nitrogen and oxygen atoms in total. The van der Waals surface area contributed by atoms with Crippen LogP contribution in [-0.2, 0) is 20.1 Å². The van der Waals surface area contributed by atoms with E-state index in [1.54, 1.807) is 6.92 Å². The summed E-state index contributed by atoms with van der Waals surface area (Å²) < 4.78 is 1.96. The van der Waals surface area contributed by atoms with Gasteiger partial charge >= 0.3 is 0 Å². The Morgan fingerprint density at radius 2 is 1.75 bits per heavy atom. The lowest BCUT2D eigenvalue weighted by Crippen LogP contribution is -2.19. The standard InChI is InChI=1S/C19H30N4O/c1-13(2)18-17(19(22(4)5)23(6)21-18)12-20-11-15-7-9-16(10-8-15)14(3)24/h7-10,13-14,20,24H,11-12H2,1-6H3/t14-/m0/s1. The van der Waals surface area contributed by atoms with Gasteiger partial charge in [-0.05, 0) is 24.0 Å². The zero-order valence-corrected chi connectivity index (χ0v) is 15.7. The van der Waals surface area contributed by atoms with Crippen LogP contribution in [0.1, 0.15) is 55.2 Å². The van der Waals surface area contributed by atoms with Crippen molar-refractivity contribution in [1.29, 1.82) is 0 Å². The van der Waals surface area contributed by atoms with Crippen molar-refractivity contribution >= 4 is 5.82 Å². The first kappa shape index (κ1) is 18.5. The quantitative estimate of drug-likeness (QED) is 0.819. The SMILES string of the molecule is CC(C)c1nn(C)c(N(C)C)c1CNCc1ccc([C@H](C)O)cc1. The van der Waals surface area contributed by atoms with Crippen LogP contribution in [0.2, 0.25) is 0 Å². The maximum absolute atomic E-state index is 9.58. The summed E-state index contributed by atoms with van der Waals surface area (Å²) in [7, 11) is 6.11. The van der Waals surface area contributed by atoms with Gasteiger partial charge in [0.25, 0.3) is 0 Å². The first-order valence-corrected chi connectivity index (χ1v) is 8.52. The van der Waals surface area contributed by atoms with E-state index >= 15 is 0 Å². The number of rotatable bonds is 7. The largest absolute Gasteiger partial charge is 0.389 e. The fraction of sp³-hybridized carbons (Fsp3) is 0.526. The minimum atomic E-state index is -0.418. The molecule has 2 aromatic rings. The minimum Gasteiger partial charge on any atom is -0.389 e. The summed E-state index contributed by atoms with van der Waals surface area (Å²) in [5, 5.41) is 17.8. The number of nitrogens with zero attached hydrogens (tertiary/aromatic N) is 3. The third kappa shape index (κ3) is 4.16. The molecule has 24 heavy (non-hydrogen) atoms. The summed E-state index contributed by atoms with van der Waals surface area (Å²) in [4.78, 5) is 2.12. The monoisotopic (exact) mass is 330 g/mol. The summed E-state index contributed by atoms with van der Waals surface area (Å²) >= 11 is 0. The second-order valence-corrected chi connectivity index (χ2v) is 6.88. The summed E-state index contributed by atoms with van der Waals surface area (Å²) in [5.41, 5.74) is 4.57. The average molecular weight is 330 g/mol. The van der Waals surface area contributed by atoms with Crippen LogP contribution >= 0.6 is 0 Å². The van der Waals surface area contributed by atoms with Crippen LogP contribution in [-0.4, -0.2) is 29.0 Å². The van der Waals surface area contributed by atoms with Gasteiger partial charge in [-0.25, -0.2) is 0 Å². The molecule has 0 fully saturated rings. The van der Waals surface area contributed by atoms with E-state index in [1.807, 2.05) is 23.9 Å². The maximum Gasteiger partial charge on any atom is 0.130 e. The third-order valence-electron chi connectivity index (χ3n) is 4.21. The highest BCUT2D eigenvalue weighted by Gasteiger charge is 2.19. The fourth-order valence-electron chi connectivity index (χ4n) is 3.02. The lowest BCUT2D eigenvalue weighted by atomic mass is 10.0. The van der Waals surface area contributed by atoms with Gasteiger partial charge in [-0.1, -0.05) is 38.1 Å². The molecule has 0 spiro atoms. The summed E-state index contributed by atoms with van der Waals surface area (Å²) in [6.45, 7) is 7.72. The van der Waals surface area contributed by atoms with Crippen LogP contribution in [0.5, 0.6) is 0 Å². The molecular formula is C19H30N4O. The Morgan fingerprint density at radius 1 is 1.12 bits per heavy atom. The number of benzene rings is 1. The summed E-state index contributed by atoms with van der Waals surface area (Å²) in [6.07, 6.45) is -0.418. The van der Waals surface area contributed by atoms with Crippen molar-refractivity contribution in [3.8, 4) is 0 Å². The van der Waals surface area contributed by atoms with Crippen LogP contribution in [0.15, 0.2) is 24.3 Å². The molecule has 0 aliphatic rings. The van der Waals surface area contributed by atoms with Crippen molar-refractivity contribution in [2.24, 2.45) is 7.05 Å².